The number of benzene rings is 1. The lowest BCUT2D eigenvalue weighted by Gasteiger charge is -2.01. The maximum absolute atomic E-state index is 9.25. The van der Waals surface area contributed by atoms with Gasteiger partial charge in [-0.25, -0.2) is 0 Å². The summed E-state index contributed by atoms with van der Waals surface area (Å²) in [6.07, 6.45) is 1.68. The van der Waals surface area contributed by atoms with Gasteiger partial charge in [-0.05, 0) is 57.9 Å². The topological polar surface area (TPSA) is 55.4 Å². The van der Waals surface area contributed by atoms with Gasteiger partial charge in [-0.1, -0.05) is 0 Å². The monoisotopic (exact) mass is 317 g/mol. The lowest BCUT2D eigenvalue weighted by Crippen LogP contribution is -1.92. The van der Waals surface area contributed by atoms with E-state index in [1.54, 1.807) is 30.3 Å². The van der Waals surface area contributed by atoms with Gasteiger partial charge < -0.3 is 13.9 Å². The molecule has 19 heavy (non-hydrogen) atoms. The quantitative estimate of drug-likeness (QED) is 0.790. The van der Waals surface area contributed by atoms with Crippen LogP contribution in [0.5, 0.6) is 11.5 Å². The maximum Gasteiger partial charge on any atom is 0.231 e. The van der Waals surface area contributed by atoms with Crippen LogP contribution in [0.25, 0.3) is 11.6 Å². The zero-order valence-corrected chi connectivity index (χ0v) is 11.3. The van der Waals surface area contributed by atoms with E-state index in [4.69, 9.17) is 13.9 Å². The highest BCUT2D eigenvalue weighted by Crippen LogP contribution is 2.34. The highest BCUT2D eigenvalue weighted by Gasteiger charge is 2.14. The minimum absolute atomic E-state index is 0.218. The summed E-state index contributed by atoms with van der Waals surface area (Å²) in [5.41, 5.74) is 1.26. The van der Waals surface area contributed by atoms with Crippen molar-refractivity contribution < 1.29 is 13.9 Å². The van der Waals surface area contributed by atoms with Crippen LogP contribution in [0.2, 0.25) is 0 Å². The molecule has 1 aromatic heterocycles. The molecule has 0 N–H and O–H groups in total. The van der Waals surface area contributed by atoms with Crippen LogP contribution in [0.4, 0.5) is 0 Å². The van der Waals surface area contributed by atoms with Crippen LogP contribution in [-0.4, -0.2) is 6.79 Å². The second-order valence-corrected chi connectivity index (χ2v) is 4.66. The summed E-state index contributed by atoms with van der Waals surface area (Å²) in [5.74, 6) is 1.96. The molecule has 5 heteroatoms. The molecule has 0 spiro atoms. The predicted octanol–water partition coefficient (Wildman–Crippen LogP) is 3.83. The number of hydrogen-bond donors (Lipinski definition) is 0. The minimum Gasteiger partial charge on any atom is -0.454 e. The molecule has 0 amide bonds. The molecule has 1 aliphatic rings. The van der Waals surface area contributed by atoms with E-state index < -0.39 is 0 Å². The number of allylic oxidation sites excluding steroid dienone is 1. The van der Waals surface area contributed by atoms with Gasteiger partial charge in [-0.2, -0.15) is 5.26 Å². The van der Waals surface area contributed by atoms with E-state index in [0.717, 1.165) is 5.56 Å². The summed E-state index contributed by atoms with van der Waals surface area (Å²) in [4.78, 5) is 0. The normalized spacial score (nSPS) is 13.4. The molecule has 0 radical (unpaired) electrons. The van der Waals surface area contributed by atoms with Crippen molar-refractivity contribution in [3.63, 3.8) is 0 Å². The first-order valence-corrected chi connectivity index (χ1v) is 6.33. The lowest BCUT2D eigenvalue weighted by atomic mass is 10.1. The molecule has 0 unspecified atom stereocenters. The fourth-order valence-electron chi connectivity index (χ4n) is 1.79. The Morgan fingerprint density at radius 3 is 2.79 bits per heavy atom. The molecule has 94 valence electrons. The van der Waals surface area contributed by atoms with Gasteiger partial charge >= 0.3 is 0 Å². The zero-order valence-electron chi connectivity index (χ0n) is 9.72. The van der Waals surface area contributed by atoms with Crippen molar-refractivity contribution in [2.24, 2.45) is 0 Å². The molecule has 1 aliphatic heterocycles. The molecular weight excluding hydrogens is 310 g/mol. The number of ether oxygens (including phenoxy) is 2. The lowest BCUT2D eigenvalue weighted by molar-refractivity contribution is 0.174. The van der Waals surface area contributed by atoms with Gasteiger partial charge in [0.2, 0.25) is 6.79 Å². The molecule has 0 saturated carbocycles. The Hall–Kier alpha value is -2.19. The van der Waals surface area contributed by atoms with Crippen molar-refractivity contribution in [2.75, 3.05) is 6.79 Å². The van der Waals surface area contributed by atoms with E-state index in [2.05, 4.69) is 22.0 Å². The fourth-order valence-corrected chi connectivity index (χ4v) is 2.11. The molecule has 2 aromatic rings. The maximum atomic E-state index is 9.25. The third kappa shape index (κ3) is 2.35. The summed E-state index contributed by atoms with van der Waals surface area (Å²) >= 11 is 3.23. The number of fused-ring (bicyclic) bond motifs is 1. The van der Waals surface area contributed by atoms with Gasteiger partial charge in [-0.3, -0.25) is 0 Å². The van der Waals surface area contributed by atoms with E-state index in [0.29, 0.717) is 27.5 Å². The van der Waals surface area contributed by atoms with Crippen molar-refractivity contribution in [3.05, 3.63) is 46.3 Å². The van der Waals surface area contributed by atoms with Gasteiger partial charge in [0, 0.05) is 0 Å². The van der Waals surface area contributed by atoms with Crippen molar-refractivity contribution in [2.45, 2.75) is 0 Å². The molecule has 0 fully saturated rings. The van der Waals surface area contributed by atoms with E-state index in [9.17, 15) is 5.26 Å². The van der Waals surface area contributed by atoms with Crippen LogP contribution < -0.4 is 9.47 Å². The van der Waals surface area contributed by atoms with E-state index >= 15 is 0 Å². The Bertz CT molecular complexity index is 697. The Kier molecular flexibility index (Phi) is 3.02. The van der Waals surface area contributed by atoms with E-state index in [1.807, 2.05) is 6.07 Å². The van der Waals surface area contributed by atoms with E-state index in [1.165, 1.54) is 0 Å². The van der Waals surface area contributed by atoms with Crippen LogP contribution in [-0.2, 0) is 0 Å². The van der Waals surface area contributed by atoms with E-state index in [-0.39, 0.29) is 6.79 Å². The molecule has 0 atom stereocenters. The molecule has 4 nitrogen and oxygen atoms in total. The average Bonchev–Trinajstić information content (AvgIpc) is 3.03. The molecule has 3 rings (SSSR count). The van der Waals surface area contributed by atoms with Crippen LogP contribution in [0.3, 0.4) is 0 Å². The Morgan fingerprint density at radius 2 is 2.05 bits per heavy atom. The van der Waals surface area contributed by atoms with Crippen molar-refractivity contribution in [1.29, 1.82) is 5.26 Å². The van der Waals surface area contributed by atoms with Crippen LogP contribution in [0.1, 0.15) is 11.3 Å². The van der Waals surface area contributed by atoms with Gasteiger partial charge in [0.1, 0.15) is 5.76 Å². The third-order valence-electron chi connectivity index (χ3n) is 2.68. The van der Waals surface area contributed by atoms with Crippen LogP contribution in [0.15, 0.2) is 39.4 Å². The number of nitriles is 1. The molecule has 2 heterocycles. The second kappa shape index (κ2) is 4.82. The Labute approximate surface area is 118 Å². The van der Waals surface area contributed by atoms with Crippen molar-refractivity contribution in [1.82, 2.24) is 0 Å². The van der Waals surface area contributed by atoms with Crippen LogP contribution >= 0.6 is 15.9 Å². The third-order valence-corrected chi connectivity index (χ3v) is 3.11. The highest BCUT2D eigenvalue weighted by molar-refractivity contribution is 9.10. The first-order chi connectivity index (χ1) is 9.26. The molecular formula is C14H8BrNO3. The molecule has 0 saturated heterocycles. The van der Waals surface area contributed by atoms with Crippen molar-refractivity contribution >= 4 is 27.6 Å². The first-order valence-electron chi connectivity index (χ1n) is 5.53. The number of nitrogens with zero attached hydrogens (tertiary/aromatic N) is 1. The number of rotatable bonds is 2. The minimum atomic E-state index is 0.218. The zero-order chi connectivity index (χ0) is 13.2. The summed E-state index contributed by atoms with van der Waals surface area (Å²) in [6, 6.07) is 11.1. The first kappa shape index (κ1) is 11.9. The number of halogens is 1. The SMILES string of the molecule is N#C/C(=C\c1ccc(Br)o1)c1ccc2c(c1)OCO2. The second-order valence-electron chi connectivity index (χ2n) is 3.88. The largest absolute Gasteiger partial charge is 0.454 e. The summed E-state index contributed by atoms with van der Waals surface area (Å²) in [7, 11) is 0. The van der Waals surface area contributed by atoms with Gasteiger partial charge in [-0.15, -0.1) is 0 Å². The van der Waals surface area contributed by atoms with Gasteiger partial charge in [0.05, 0.1) is 11.6 Å². The summed E-state index contributed by atoms with van der Waals surface area (Å²) in [5, 5.41) is 9.25. The highest BCUT2D eigenvalue weighted by atomic mass is 79.9. The predicted molar refractivity (Wildman–Crippen MR) is 72.5 cm³/mol. The number of hydrogen-bond acceptors (Lipinski definition) is 4. The van der Waals surface area contributed by atoms with Gasteiger partial charge in [0.15, 0.2) is 16.2 Å². The van der Waals surface area contributed by atoms with Crippen molar-refractivity contribution in [3.8, 4) is 17.6 Å². The fraction of sp³-hybridized carbons (Fsp3) is 0.0714. The standard InChI is InChI=1S/C14H8BrNO3/c15-14-4-2-11(19-14)5-10(7-16)9-1-3-12-13(6-9)18-8-17-12/h1-6H,8H2/b10-5+. The molecule has 0 bridgehead atoms. The number of furan rings is 1. The Balaban J connectivity index is 1.99. The Morgan fingerprint density at radius 1 is 1.21 bits per heavy atom. The van der Waals surface area contributed by atoms with Gasteiger partial charge in [0.25, 0.3) is 0 Å². The smallest absolute Gasteiger partial charge is 0.231 e. The molecule has 1 aromatic carbocycles. The molecule has 0 aliphatic carbocycles. The summed E-state index contributed by atoms with van der Waals surface area (Å²) < 4.78 is 16.5. The summed E-state index contributed by atoms with van der Waals surface area (Å²) in [6.45, 7) is 0.218. The average molecular weight is 318 g/mol. The van der Waals surface area contributed by atoms with Crippen LogP contribution in [0, 0.1) is 11.3 Å².